The maximum absolute atomic E-state index is 12.7. The molecule has 0 bridgehead atoms. The molecule has 0 aromatic carbocycles. The van der Waals surface area contributed by atoms with Gasteiger partial charge in [0.1, 0.15) is 0 Å². The van der Waals surface area contributed by atoms with E-state index in [9.17, 15) is 9.59 Å². The maximum Gasteiger partial charge on any atom is 0.254 e. The molecule has 138 valence electrons. The molecule has 6 nitrogen and oxygen atoms in total. The molecule has 2 aliphatic heterocycles. The van der Waals surface area contributed by atoms with Crippen molar-refractivity contribution in [2.75, 3.05) is 60.5 Å². The number of hydrogen-bond donors (Lipinski definition) is 0. The van der Waals surface area contributed by atoms with Gasteiger partial charge in [-0.1, -0.05) is 0 Å². The van der Waals surface area contributed by atoms with Crippen molar-refractivity contribution in [2.24, 2.45) is 11.3 Å². The van der Waals surface area contributed by atoms with Crippen LogP contribution in [0.5, 0.6) is 0 Å². The van der Waals surface area contributed by atoms with Crippen molar-refractivity contribution in [3.8, 4) is 0 Å². The van der Waals surface area contributed by atoms with Gasteiger partial charge in [-0.2, -0.15) is 11.3 Å². The Balaban J connectivity index is 1.73. The van der Waals surface area contributed by atoms with E-state index >= 15 is 0 Å². The van der Waals surface area contributed by atoms with E-state index in [1.165, 1.54) is 0 Å². The van der Waals surface area contributed by atoms with Crippen molar-refractivity contribution < 1.29 is 14.3 Å². The second-order valence-electron chi connectivity index (χ2n) is 7.51. The summed E-state index contributed by atoms with van der Waals surface area (Å²) < 4.78 is 5.04. The molecule has 1 aromatic rings. The average Bonchev–Trinajstić information content (AvgIpc) is 3.25. The fraction of sp³-hybridized carbons (Fsp3) is 0.667. The fourth-order valence-electron chi connectivity index (χ4n) is 4.29. The van der Waals surface area contributed by atoms with Crippen molar-refractivity contribution in [3.63, 3.8) is 0 Å². The molecule has 3 heterocycles. The highest BCUT2D eigenvalue weighted by Gasteiger charge is 2.54. The molecule has 2 aliphatic rings. The Bertz CT molecular complexity index is 619. The minimum Gasteiger partial charge on any atom is -0.384 e. The molecule has 3 rings (SSSR count). The number of amides is 2. The van der Waals surface area contributed by atoms with Gasteiger partial charge >= 0.3 is 0 Å². The summed E-state index contributed by atoms with van der Waals surface area (Å²) in [5.74, 6) is 0.611. The summed E-state index contributed by atoms with van der Waals surface area (Å²) in [6.45, 7) is 4.27. The number of rotatable bonds is 6. The number of hydrogen-bond acceptors (Lipinski definition) is 5. The first-order valence-corrected chi connectivity index (χ1v) is 9.62. The first kappa shape index (κ1) is 18.4. The molecule has 1 aromatic heterocycles. The van der Waals surface area contributed by atoms with Crippen LogP contribution in [0.15, 0.2) is 16.8 Å². The molecule has 2 amide bonds. The zero-order valence-corrected chi connectivity index (χ0v) is 16.1. The second kappa shape index (κ2) is 7.43. The van der Waals surface area contributed by atoms with Crippen molar-refractivity contribution in [3.05, 3.63) is 22.4 Å². The van der Waals surface area contributed by atoms with E-state index in [4.69, 9.17) is 4.74 Å². The second-order valence-corrected chi connectivity index (χ2v) is 8.29. The van der Waals surface area contributed by atoms with Crippen LogP contribution in [-0.2, 0) is 9.53 Å². The van der Waals surface area contributed by atoms with Crippen molar-refractivity contribution in [1.29, 1.82) is 0 Å². The predicted octanol–water partition coefficient (Wildman–Crippen LogP) is 1.25. The molecule has 0 N–H and O–H groups in total. The van der Waals surface area contributed by atoms with Crippen LogP contribution in [0.3, 0.4) is 0 Å². The molecule has 25 heavy (non-hydrogen) atoms. The van der Waals surface area contributed by atoms with Crippen LogP contribution in [-0.4, -0.2) is 87.0 Å². The van der Waals surface area contributed by atoms with E-state index in [-0.39, 0.29) is 17.2 Å². The van der Waals surface area contributed by atoms with Crippen LogP contribution in [0.1, 0.15) is 16.8 Å². The lowest BCUT2D eigenvalue weighted by Gasteiger charge is -2.32. The molecule has 7 heteroatoms. The summed E-state index contributed by atoms with van der Waals surface area (Å²) in [4.78, 5) is 31.3. The van der Waals surface area contributed by atoms with Gasteiger partial charge in [-0.25, -0.2) is 0 Å². The van der Waals surface area contributed by atoms with Gasteiger partial charge in [0.25, 0.3) is 5.91 Å². The van der Waals surface area contributed by atoms with Crippen molar-refractivity contribution >= 4 is 23.2 Å². The van der Waals surface area contributed by atoms with Crippen LogP contribution in [0.25, 0.3) is 0 Å². The smallest absolute Gasteiger partial charge is 0.254 e. The van der Waals surface area contributed by atoms with E-state index in [1.807, 2.05) is 26.6 Å². The lowest BCUT2D eigenvalue weighted by Crippen LogP contribution is -2.43. The van der Waals surface area contributed by atoms with Gasteiger partial charge in [0.15, 0.2) is 0 Å². The molecule has 0 saturated carbocycles. The highest BCUT2D eigenvalue weighted by atomic mass is 32.1. The third-order valence-electron chi connectivity index (χ3n) is 5.32. The summed E-state index contributed by atoms with van der Waals surface area (Å²) >= 11 is 1.55. The van der Waals surface area contributed by atoms with Crippen LogP contribution in [0, 0.1) is 11.3 Å². The Hall–Kier alpha value is -1.44. The summed E-state index contributed by atoms with van der Waals surface area (Å²) in [5.41, 5.74) is 0.746. The van der Waals surface area contributed by atoms with Gasteiger partial charge in [0.05, 0.1) is 18.6 Å². The number of fused-ring (bicyclic) bond motifs is 1. The number of carbonyl (C=O) groups is 2. The monoisotopic (exact) mass is 365 g/mol. The third kappa shape index (κ3) is 3.73. The maximum atomic E-state index is 12.7. The number of nitrogens with zero attached hydrogens (tertiary/aromatic N) is 3. The molecule has 2 saturated heterocycles. The van der Waals surface area contributed by atoms with E-state index < -0.39 is 0 Å². The quantitative estimate of drug-likeness (QED) is 0.761. The molecule has 0 spiro atoms. The number of ether oxygens (including phenoxy) is 1. The molecule has 0 radical (unpaired) electrons. The standard InChI is InChI=1S/C18H27N3O3S/c1-19(2)11-18-12-20(16(22)4-6-24-3)8-15(18)9-21(13-18)17(23)14-5-7-25-10-14/h5,7,10,15H,4,6,8-9,11-13H2,1-3H3/t15-,18+/m1/s1. The minimum atomic E-state index is -0.0298. The average molecular weight is 365 g/mol. The molecule has 2 atom stereocenters. The van der Waals surface area contributed by atoms with E-state index in [0.29, 0.717) is 18.9 Å². The third-order valence-corrected chi connectivity index (χ3v) is 6.00. The number of likely N-dealkylation sites (tertiary alicyclic amines) is 2. The topological polar surface area (TPSA) is 53.1 Å². The summed E-state index contributed by atoms with van der Waals surface area (Å²) in [5, 5.41) is 3.85. The van der Waals surface area contributed by atoms with Gasteiger partial charge in [-0.3, -0.25) is 9.59 Å². The van der Waals surface area contributed by atoms with Crippen LogP contribution in [0.2, 0.25) is 0 Å². The SMILES string of the molecule is COCCC(=O)N1C[C@@H]2CN(C(=O)c3ccsc3)C[C@]2(CN(C)C)C1. The van der Waals surface area contributed by atoms with Gasteiger partial charge in [-0.05, 0) is 25.5 Å². The number of methoxy groups -OCH3 is 1. The molecular formula is C18H27N3O3S. The molecule has 0 aliphatic carbocycles. The predicted molar refractivity (Wildman–Crippen MR) is 97.8 cm³/mol. The largest absolute Gasteiger partial charge is 0.384 e. The first-order chi connectivity index (χ1) is 11.9. The lowest BCUT2D eigenvalue weighted by molar-refractivity contribution is -0.131. The van der Waals surface area contributed by atoms with E-state index in [2.05, 4.69) is 19.0 Å². The fourth-order valence-corrected chi connectivity index (χ4v) is 4.92. The van der Waals surface area contributed by atoms with Crippen molar-refractivity contribution in [1.82, 2.24) is 14.7 Å². The Kier molecular flexibility index (Phi) is 5.46. The Labute approximate surface area is 153 Å². The van der Waals surface area contributed by atoms with Gasteiger partial charge in [0.2, 0.25) is 5.91 Å². The summed E-state index contributed by atoms with van der Waals surface area (Å²) in [7, 11) is 5.74. The van der Waals surface area contributed by atoms with E-state index in [1.54, 1.807) is 18.4 Å². The van der Waals surface area contributed by atoms with E-state index in [0.717, 1.165) is 38.3 Å². The molecular weight excluding hydrogens is 338 g/mol. The van der Waals surface area contributed by atoms with Gasteiger partial charge in [0, 0.05) is 56.5 Å². The first-order valence-electron chi connectivity index (χ1n) is 8.68. The Morgan fingerprint density at radius 1 is 1.32 bits per heavy atom. The number of thiophene rings is 1. The van der Waals surface area contributed by atoms with Gasteiger partial charge in [-0.15, -0.1) is 0 Å². The zero-order valence-electron chi connectivity index (χ0n) is 15.2. The highest BCUT2D eigenvalue weighted by molar-refractivity contribution is 7.08. The van der Waals surface area contributed by atoms with Gasteiger partial charge < -0.3 is 19.4 Å². The van der Waals surface area contributed by atoms with Crippen LogP contribution < -0.4 is 0 Å². The Morgan fingerprint density at radius 2 is 2.04 bits per heavy atom. The summed E-state index contributed by atoms with van der Waals surface area (Å²) in [6, 6.07) is 1.89. The van der Waals surface area contributed by atoms with Crippen molar-refractivity contribution in [2.45, 2.75) is 6.42 Å². The zero-order chi connectivity index (χ0) is 18.0. The highest BCUT2D eigenvalue weighted by Crippen LogP contribution is 2.43. The lowest BCUT2D eigenvalue weighted by atomic mass is 9.80. The summed E-state index contributed by atoms with van der Waals surface area (Å²) in [6.07, 6.45) is 0.429. The number of carbonyl (C=O) groups excluding carboxylic acids is 2. The minimum absolute atomic E-state index is 0.0298. The van der Waals surface area contributed by atoms with Crippen LogP contribution in [0.4, 0.5) is 0 Å². The molecule has 2 fully saturated rings. The Morgan fingerprint density at radius 3 is 2.68 bits per heavy atom. The normalized spacial score (nSPS) is 25.7. The van der Waals surface area contributed by atoms with Crippen LogP contribution >= 0.6 is 11.3 Å². The molecule has 0 unspecified atom stereocenters.